The summed E-state index contributed by atoms with van der Waals surface area (Å²) in [4.78, 5) is 7.79. The Morgan fingerprint density at radius 3 is 3.20 bits per heavy atom. The summed E-state index contributed by atoms with van der Waals surface area (Å²) in [6.07, 6.45) is 4.77. The lowest BCUT2D eigenvalue weighted by Gasteiger charge is -1.89. The summed E-state index contributed by atoms with van der Waals surface area (Å²) in [5.74, 6) is 0.560. The molecule has 0 aliphatic heterocycles. The average molecular weight is 155 g/mol. The number of hydrogen-bond acceptors (Lipinski definition) is 3. The van der Waals surface area contributed by atoms with Crippen molar-refractivity contribution < 1.29 is 0 Å². The number of nitrogens with zero attached hydrogens (tertiary/aromatic N) is 4. The van der Waals surface area contributed by atoms with Crippen molar-refractivity contribution in [3.8, 4) is 0 Å². The fourth-order valence-electron chi connectivity index (χ4n) is 0.699. The first-order valence-electron chi connectivity index (χ1n) is 2.68. The van der Waals surface area contributed by atoms with Gasteiger partial charge >= 0.3 is 0 Å². The van der Waals surface area contributed by atoms with E-state index in [4.69, 9.17) is 11.6 Å². The third kappa shape index (κ3) is 0.733. The Morgan fingerprint density at radius 2 is 2.30 bits per heavy atom. The van der Waals surface area contributed by atoms with Crippen LogP contribution in [0.5, 0.6) is 0 Å². The summed E-state index contributed by atoms with van der Waals surface area (Å²) < 4.78 is 1.52. The van der Waals surface area contributed by atoms with Crippen LogP contribution in [0.2, 0.25) is 5.15 Å². The molecule has 2 rings (SSSR count). The molecule has 0 fully saturated rings. The smallest absolute Gasteiger partial charge is 0.218 e. The zero-order valence-electron chi connectivity index (χ0n) is 4.90. The van der Waals surface area contributed by atoms with Crippen LogP contribution in [0.1, 0.15) is 0 Å². The van der Waals surface area contributed by atoms with Crippen molar-refractivity contribution in [1.29, 1.82) is 0 Å². The maximum Gasteiger partial charge on any atom is 0.250 e. The van der Waals surface area contributed by atoms with Gasteiger partial charge in [0.15, 0.2) is 5.15 Å². The summed E-state index contributed by atoms with van der Waals surface area (Å²) in [5.41, 5.74) is 0. The normalized spacial score (nSPS) is 10.5. The summed E-state index contributed by atoms with van der Waals surface area (Å²) >= 11 is 5.55. The zero-order valence-corrected chi connectivity index (χ0v) is 5.65. The van der Waals surface area contributed by atoms with E-state index < -0.39 is 0 Å². The molecule has 0 amide bonds. The second kappa shape index (κ2) is 1.91. The Kier molecular flexibility index (Phi) is 1.07. The van der Waals surface area contributed by atoms with Crippen molar-refractivity contribution in [2.45, 2.75) is 0 Å². The number of imidazole rings is 1. The molecule has 0 aliphatic rings. The second-order valence-electron chi connectivity index (χ2n) is 1.75. The minimum atomic E-state index is 0.366. The highest BCUT2D eigenvalue weighted by molar-refractivity contribution is 6.29. The molecule has 0 saturated carbocycles. The van der Waals surface area contributed by atoms with Gasteiger partial charge in [-0.05, 0) is 0 Å². The van der Waals surface area contributed by atoms with E-state index >= 15 is 0 Å². The SMILES string of the molecule is Clc1cnc2nccn2n1. The topological polar surface area (TPSA) is 43.1 Å². The maximum absolute atomic E-state index is 5.55. The number of hydrogen-bond donors (Lipinski definition) is 0. The molecular formula is C5H3ClN4. The Morgan fingerprint density at radius 1 is 1.40 bits per heavy atom. The van der Waals surface area contributed by atoms with Crippen molar-refractivity contribution in [2.75, 3.05) is 0 Å². The highest BCUT2D eigenvalue weighted by Gasteiger charge is 1.94. The van der Waals surface area contributed by atoms with Gasteiger partial charge in [0.2, 0.25) is 0 Å². The van der Waals surface area contributed by atoms with Crippen LogP contribution in [0.15, 0.2) is 18.6 Å². The summed E-state index contributed by atoms with van der Waals surface area (Å²) in [6, 6.07) is 0. The predicted molar refractivity (Wildman–Crippen MR) is 35.8 cm³/mol. The first-order valence-corrected chi connectivity index (χ1v) is 3.06. The fraction of sp³-hybridized carbons (Fsp3) is 0. The highest BCUT2D eigenvalue weighted by Crippen LogP contribution is 2.00. The third-order valence-corrected chi connectivity index (χ3v) is 1.27. The van der Waals surface area contributed by atoms with Gasteiger partial charge in [-0.3, -0.25) is 0 Å². The van der Waals surface area contributed by atoms with E-state index in [-0.39, 0.29) is 0 Å². The molecule has 0 N–H and O–H groups in total. The van der Waals surface area contributed by atoms with E-state index in [1.807, 2.05) is 0 Å². The van der Waals surface area contributed by atoms with Crippen LogP contribution in [0.4, 0.5) is 0 Å². The number of halogens is 1. The molecule has 0 aliphatic carbocycles. The second-order valence-corrected chi connectivity index (χ2v) is 2.14. The molecule has 50 valence electrons. The molecular weight excluding hydrogens is 152 g/mol. The van der Waals surface area contributed by atoms with Crippen molar-refractivity contribution in [2.24, 2.45) is 0 Å². The summed E-state index contributed by atoms with van der Waals surface area (Å²) in [7, 11) is 0. The summed E-state index contributed by atoms with van der Waals surface area (Å²) in [5, 5.41) is 4.26. The van der Waals surface area contributed by atoms with Gasteiger partial charge in [-0.15, -0.1) is 0 Å². The molecule has 0 bridgehead atoms. The van der Waals surface area contributed by atoms with Gasteiger partial charge in [0.1, 0.15) is 0 Å². The predicted octanol–water partition coefficient (Wildman–Crippen LogP) is 0.778. The molecule has 5 heteroatoms. The highest BCUT2D eigenvalue weighted by atomic mass is 35.5. The Labute approximate surface area is 61.5 Å². The van der Waals surface area contributed by atoms with Gasteiger partial charge in [-0.2, -0.15) is 5.10 Å². The van der Waals surface area contributed by atoms with Crippen molar-refractivity contribution in [3.05, 3.63) is 23.7 Å². The molecule has 0 unspecified atom stereocenters. The van der Waals surface area contributed by atoms with Gasteiger partial charge < -0.3 is 0 Å². The van der Waals surface area contributed by atoms with Crippen LogP contribution in [-0.2, 0) is 0 Å². The zero-order chi connectivity index (χ0) is 6.97. The lowest BCUT2D eigenvalue weighted by molar-refractivity contribution is 0.903. The first-order chi connectivity index (χ1) is 4.86. The first kappa shape index (κ1) is 5.61. The Hall–Kier alpha value is -1.16. The van der Waals surface area contributed by atoms with E-state index in [0.29, 0.717) is 10.9 Å². The molecule has 0 spiro atoms. The fourth-order valence-corrected chi connectivity index (χ4v) is 0.829. The average Bonchev–Trinajstić information content (AvgIpc) is 2.33. The molecule has 0 radical (unpaired) electrons. The number of aromatic nitrogens is 4. The van der Waals surface area contributed by atoms with Crippen LogP contribution in [0, 0.1) is 0 Å². The molecule has 0 saturated heterocycles. The van der Waals surface area contributed by atoms with E-state index in [1.165, 1.54) is 10.7 Å². The van der Waals surface area contributed by atoms with E-state index in [2.05, 4.69) is 15.1 Å². The molecule has 2 aromatic rings. The van der Waals surface area contributed by atoms with Crippen LogP contribution in [0.3, 0.4) is 0 Å². The van der Waals surface area contributed by atoms with Crippen LogP contribution in [0.25, 0.3) is 5.78 Å². The molecule has 0 aromatic carbocycles. The molecule has 0 atom stereocenters. The number of rotatable bonds is 0. The summed E-state index contributed by atoms with van der Waals surface area (Å²) in [6.45, 7) is 0. The van der Waals surface area contributed by atoms with Gasteiger partial charge in [-0.25, -0.2) is 14.5 Å². The quantitative estimate of drug-likeness (QED) is 0.563. The molecule has 2 aromatic heterocycles. The van der Waals surface area contributed by atoms with Gasteiger partial charge in [0.25, 0.3) is 5.78 Å². The van der Waals surface area contributed by atoms with Crippen LogP contribution in [-0.4, -0.2) is 19.6 Å². The standard InChI is InChI=1S/C5H3ClN4/c6-4-3-8-5-7-1-2-10(5)9-4/h1-3H. The van der Waals surface area contributed by atoms with E-state index in [1.54, 1.807) is 12.4 Å². The molecule has 2 heterocycles. The molecule has 10 heavy (non-hydrogen) atoms. The largest absolute Gasteiger partial charge is 0.250 e. The maximum atomic E-state index is 5.55. The minimum absolute atomic E-state index is 0.366. The van der Waals surface area contributed by atoms with Crippen LogP contribution >= 0.6 is 11.6 Å². The van der Waals surface area contributed by atoms with Gasteiger partial charge in [-0.1, -0.05) is 11.6 Å². The van der Waals surface area contributed by atoms with E-state index in [0.717, 1.165) is 0 Å². The lowest BCUT2D eigenvalue weighted by Crippen LogP contribution is -1.92. The Bertz CT molecular complexity index is 355. The Balaban J connectivity index is 2.86. The third-order valence-electron chi connectivity index (χ3n) is 1.09. The minimum Gasteiger partial charge on any atom is -0.218 e. The lowest BCUT2D eigenvalue weighted by atomic mass is 10.9. The van der Waals surface area contributed by atoms with E-state index in [9.17, 15) is 0 Å². The van der Waals surface area contributed by atoms with Crippen molar-refractivity contribution in [1.82, 2.24) is 19.6 Å². The number of fused-ring (bicyclic) bond motifs is 1. The van der Waals surface area contributed by atoms with Crippen molar-refractivity contribution in [3.63, 3.8) is 0 Å². The van der Waals surface area contributed by atoms with Crippen molar-refractivity contribution >= 4 is 17.4 Å². The van der Waals surface area contributed by atoms with Gasteiger partial charge in [0.05, 0.1) is 12.4 Å². The van der Waals surface area contributed by atoms with Gasteiger partial charge in [0, 0.05) is 6.20 Å². The molecule has 4 nitrogen and oxygen atoms in total. The van der Waals surface area contributed by atoms with Crippen LogP contribution < -0.4 is 0 Å². The monoisotopic (exact) mass is 154 g/mol.